The van der Waals surface area contributed by atoms with Gasteiger partial charge in [-0.25, -0.2) is 0 Å². The SMILES string of the molecule is CC(C)CCN1C(C)CCNC(=O)C1CC#N. The Kier molecular flexibility index (Phi) is 5.43. The standard InChI is InChI=1S/C13H23N3O/c1-10(2)6-9-16-11(3)5-8-15-13(17)12(16)4-7-14/h10-12H,4-6,8-9H2,1-3H3,(H,15,17). The molecule has 0 aromatic rings. The maximum absolute atomic E-state index is 11.9. The normalized spacial score (nSPS) is 26.4. The van der Waals surface area contributed by atoms with Crippen LogP contribution in [-0.4, -0.2) is 36.0 Å². The van der Waals surface area contributed by atoms with Gasteiger partial charge in [0.15, 0.2) is 0 Å². The molecule has 2 atom stereocenters. The third-order valence-corrected chi connectivity index (χ3v) is 3.38. The molecule has 0 radical (unpaired) electrons. The third-order valence-electron chi connectivity index (χ3n) is 3.38. The summed E-state index contributed by atoms with van der Waals surface area (Å²) in [6, 6.07) is 2.23. The van der Waals surface area contributed by atoms with E-state index < -0.39 is 0 Å². The summed E-state index contributed by atoms with van der Waals surface area (Å²) in [7, 11) is 0. The molecule has 0 aromatic carbocycles. The number of nitrogens with zero attached hydrogens (tertiary/aromatic N) is 2. The zero-order chi connectivity index (χ0) is 12.8. The maximum atomic E-state index is 11.9. The zero-order valence-corrected chi connectivity index (χ0v) is 11.1. The molecule has 17 heavy (non-hydrogen) atoms. The lowest BCUT2D eigenvalue weighted by Gasteiger charge is -2.32. The van der Waals surface area contributed by atoms with Gasteiger partial charge in [0.2, 0.25) is 5.91 Å². The van der Waals surface area contributed by atoms with Gasteiger partial charge in [-0.05, 0) is 32.2 Å². The van der Waals surface area contributed by atoms with Crippen molar-refractivity contribution in [2.45, 2.75) is 52.1 Å². The van der Waals surface area contributed by atoms with E-state index in [9.17, 15) is 4.79 Å². The number of amides is 1. The summed E-state index contributed by atoms with van der Waals surface area (Å²) in [6.45, 7) is 8.13. The fourth-order valence-corrected chi connectivity index (χ4v) is 2.23. The number of rotatable bonds is 4. The van der Waals surface area contributed by atoms with Crippen molar-refractivity contribution >= 4 is 5.91 Å². The first-order valence-corrected chi connectivity index (χ1v) is 6.46. The van der Waals surface area contributed by atoms with Crippen LogP contribution in [-0.2, 0) is 4.79 Å². The van der Waals surface area contributed by atoms with Crippen LogP contribution in [0.3, 0.4) is 0 Å². The van der Waals surface area contributed by atoms with E-state index in [0.29, 0.717) is 12.0 Å². The molecule has 0 bridgehead atoms. The molecule has 1 amide bonds. The van der Waals surface area contributed by atoms with Crippen molar-refractivity contribution in [2.24, 2.45) is 5.92 Å². The molecule has 1 saturated heterocycles. The molecule has 2 unspecified atom stereocenters. The van der Waals surface area contributed by atoms with Crippen LogP contribution in [0.4, 0.5) is 0 Å². The van der Waals surface area contributed by atoms with Crippen LogP contribution < -0.4 is 5.32 Å². The maximum Gasteiger partial charge on any atom is 0.238 e. The van der Waals surface area contributed by atoms with Gasteiger partial charge in [0, 0.05) is 12.6 Å². The Balaban J connectivity index is 2.74. The third kappa shape index (κ3) is 4.01. The molecule has 1 heterocycles. The predicted molar refractivity (Wildman–Crippen MR) is 67.3 cm³/mol. The summed E-state index contributed by atoms with van der Waals surface area (Å²) in [6.07, 6.45) is 2.32. The van der Waals surface area contributed by atoms with Crippen LogP contribution in [0.5, 0.6) is 0 Å². The van der Waals surface area contributed by atoms with Crippen LogP contribution in [0.1, 0.15) is 40.0 Å². The minimum absolute atomic E-state index is 0.0136. The van der Waals surface area contributed by atoms with E-state index in [2.05, 4.69) is 37.1 Å². The number of nitriles is 1. The zero-order valence-electron chi connectivity index (χ0n) is 11.1. The highest BCUT2D eigenvalue weighted by Crippen LogP contribution is 2.17. The van der Waals surface area contributed by atoms with Crippen molar-refractivity contribution in [2.75, 3.05) is 13.1 Å². The number of carbonyl (C=O) groups excluding carboxylic acids is 1. The lowest BCUT2D eigenvalue weighted by Crippen LogP contribution is -2.47. The van der Waals surface area contributed by atoms with Gasteiger partial charge in [0.05, 0.1) is 12.5 Å². The Morgan fingerprint density at radius 1 is 1.59 bits per heavy atom. The number of hydrogen-bond donors (Lipinski definition) is 1. The van der Waals surface area contributed by atoms with E-state index in [1.54, 1.807) is 0 Å². The smallest absolute Gasteiger partial charge is 0.238 e. The van der Waals surface area contributed by atoms with Gasteiger partial charge in [-0.3, -0.25) is 9.69 Å². The number of carbonyl (C=O) groups is 1. The van der Waals surface area contributed by atoms with Crippen LogP contribution in [0.2, 0.25) is 0 Å². The molecule has 4 nitrogen and oxygen atoms in total. The summed E-state index contributed by atoms with van der Waals surface area (Å²) in [4.78, 5) is 14.1. The molecule has 1 rings (SSSR count). The highest BCUT2D eigenvalue weighted by Gasteiger charge is 2.31. The van der Waals surface area contributed by atoms with E-state index in [1.807, 2.05) is 0 Å². The minimum atomic E-state index is -0.267. The van der Waals surface area contributed by atoms with Crippen LogP contribution in [0, 0.1) is 17.2 Å². The van der Waals surface area contributed by atoms with Crippen molar-refractivity contribution in [1.82, 2.24) is 10.2 Å². The highest BCUT2D eigenvalue weighted by molar-refractivity contribution is 5.82. The molecule has 1 N–H and O–H groups in total. The average molecular weight is 237 g/mol. The van der Waals surface area contributed by atoms with Crippen molar-refractivity contribution in [3.8, 4) is 6.07 Å². The molecule has 1 aliphatic heterocycles. The summed E-state index contributed by atoms with van der Waals surface area (Å²) < 4.78 is 0. The first-order chi connectivity index (χ1) is 8.06. The van der Waals surface area contributed by atoms with Crippen LogP contribution in [0.25, 0.3) is 0 Å². The number of nitrogens with one attached hydrogen (secondary N) is 1. The van der Waals surface area contributed by atoms with Gasteiger partial charge in [0.25, 0.3) is 0 Å². The molecule has 1 fully saturated rings. The predicted octanol–water partition coefficient (Wildman–Crippen LogP) is 1.53. The molecule has 0 aromatic heterocycles. The molecular formula is C13H23N3O. The molecule has 96 valence electrons. The van der Waals surface area contributed by atoms with Crippen molar-refractivity contribution < 1.29 is 4.79 Å². The quantitative estimate of drug-likeness (QED) is 0.806. The second-order valence-corrected chi connectivity index (χ2v) is 5.23. The van der Waals surface area contributed by atoms with Crippen molar-refractivity contribution in [3.05, 3.63) is 0 Å². The Morgan fingerprint density at radius 2 is 2.29 bits per heavy atom. The van der Waals surface area contributed by atoms with Gasteiger partial charge in [-0.1, -0.05) is 13.8 Å². The Bertz CT molecular complexity index is 296. The molecular weight excluding hydrogens is 214 g/mol. The van der Waals surface area contributed by atoms with Gasteiger partial charge in [0.1, 0.15) is 6.04 Å². The summed E-state index contributed by atoms with van der Waals surface area (Å²) >= 11 is 0. The largest absolute Gasteiger partial charge is 0.355 e. The molecule has 0 spiro atoms. The van der Waals surface area contributed by atoms with E-state index >= 15 is 0 Å². The Labute approximate surface area is 104 Å². The molecule has 0 saturated carbocycles. The topological polar surface area (TPSA) is 56.1 Å². The number of hydrogen-bond acceptors (Lipinski definition) is 3. The highest BCUT2D eigenvalue weighted by atomic mass is 16.2. The fourth-order valence-electron chi connectivity index (χ4n) is 2.23. The summed E-state index contributed by atoms with van der Waals surface area (Å²) in [5.74, 6) is 0.635. The first kappa shape index (κ1) is 14.0. The van der Waals surface area contributed by atoms with Gasteiger partial charge in [-0.15, -0.1) is 0 Å². The van der Waals surface area contributed by atoms with E-state index in [1.165, 1.54) is 0 Å². The lowest BCUT2D eigenvalue weighted by atomic mass is 10.1. The van der Waals surface area contributed by atoms with E-state index in [4.69, 9.17) is 5.26 Å². The van der Waals surface area contributed by atoms with Gasteiger partial charge >= 0.3 is 0 Å². The van der Waals surface area contributed by atoms with Gasteiger partial charge in [-0.2, -0.15) is 5.26 Å². The monoisotopic (exact) mass is 237 g/mol. The van der Waals surface area contributed by atoms with Crippen molar-refractivity contribution in [3.63, 3.8) is 0 Å². The Morgan fingerprint density at radius 3 is 2.88 bits per heavy atom. The second-order valence-electron chi connectivity index (χ2n) is 5.23. The average Bonchev–Trinajstić information content (AvgIpc) is 2.38. The summed E-state index contributed by atoms with van der Waals surface area (Å²) in [5, 5.41) is 11.7. The summed E-state index contributed by atoms with van der Waals surface area (Å²) in [5.41, 5.74) is 0. The lowest BCUT2D eigenvalue weighted by molar-refractivity contribution is -0.125. The van der Waals surface area contributed by atoms with E-state index in [0.717, 1.165) is 25.9 Å². The van der Waals surface area contributed by atoms with Crippen LogP contribution in [0.15, 0.2) is 0 Å². The minimum Gasteiger partial charge on any atom is -0.355 e. The van der Waals surface area contributed by atoms with Gasteiger partial charge < -0.3 is 5.32 Å². The molecule has 4 heteroatoms. The molecule has 0 aliphatic carbocycles. The Hall–Kier alpha value is -1.08. The fraction of sp³-hybridized carbons (Fsp3) is 0.846. The van der Waals surface area contributed by atoms with Crippen LogP contribution >= 0.6 is 0 Å². The van der Waals surface area contributed by atoms with E-state index in [-0.39, 0.29) is 18.4 Å². The van der Waals surface area contributed by atoms with Crippen molar-refractivity contribution in [1.29, 1.82) is 5.26 Å². The first-order valence-electron chi connectivity index (χ1n) is 6.46. The molecule has 1 aliphatic rings. The second kappa shape index (κ2) is 6.61.